The Kier molecular flexibility index (Phi) is 5.86. The Morgan fingerprint density at radius 3 is 2.50 bits per heavy atom. The van der Waals surface area contributed by atoms with E-state index < -0.39 is 0 Å². The van der Waals surface area contributed by atoms with Crippen LogP contribution in [0, 0.1) is 0 Å². The molecule has 0 heterocycles. The Hall–Kier alpha value is -1.35. The van der Waals surface area contributed by atoms with E-state index in [1.165, 1.54) is 5.56 Å². The van der Waals surface area contributed by atoms with E-state index in [1.807, 2.05) is 13.0 Å². The zero-order valence-electron chi connectivity index (χ0n) is 11.6. The van der Waals surface area contributed by atoms with E-state index in [0.717, 1.165) is 12.8 Å². The summed E-state index contributed by atoms with van der Waals surface area (Å²) in [6.45, 7) is 7.27. The van der Waals surface area contributed by atoms with Crippen molar-refractivity contribution in [3.63, 3.8) is 0 Å². The monoisotopic (exact) mass is 248 g/mol. The van der Waals surface area contributed by atoms with Crippen molar-refractivity contribution in [2.75, 3.05) is 13.1 Å². The number of hydrogen-bond acceptors (Lipinski definition) is 2. The molecule has 1 amide bonds. The van der Waals surface area contributed by atoms with E-state index in [1.54, 1.807) is 0 Å². The van der Waals surface area contributed by atoms with Crippen molar-refractivity contribution in [3.05, 3.63) is 35.9 Å². The summed E-state index contributed by atoms with van der Waals surface area (Å²) in [5, 5.41) is 6.09. The van der Waals surface area contributed by atoms with Crippen LogP contribution < -0.4 is 10.6 Å². The van der Waals surface area contributed by atoms with Gasteiger partial charge in [0.1, 0.15) is 0 Å². The first-order valence-electron chi connectivity index (χ1n) is 6.59. The van der Waals surface area contributed by atoms with E-state index in [9.17, 15) is 4.79 Å². The molecule has 0 aliphatic rings. The van der Waals surface area contributed by atoms with Crippen molar-refractivity contribution in [3.8, 4) is 0 Å². The van der Waals surface area contributed by atoms with Crippen molar-refractivity contribution in [2.24, 2.45) is 0 Å². The highest BCUT2D eigenvalue weighted by Crippen LogP contribution is 2.13. The van der Waals surface area contributed by atoms with Crippen molar-refractivity contribution in [2.45, 2.75) is 39.2 Å². The fourth-order valence-electron chi connectivity index (χ4n) is 1.77. The number of benzene rings is 1. The third kappa shape index (κ3) is 5.82. The molecule has 1 aromatic rings. The van der Waals surface area contributed by atoms with E-state index >= 15 is 0 Å². The van der Waals surface area contributed by atoms with Crippen molar-refractivity contribution < 1.29 is 4.79 Å². The summed E-state index contributed by atoms with van der Waals surface area (Å²) in [5.74, 6) is 0.0605. The van der Waals surface area contributed by atoms with Gasteiger partial charge in [0.05, 0.1) is 6.54 Å². The van der Waals surface area contributed by atoms with Gasteiger partial charge >= 0.3 is 0 Å². The lowest BCUT2D eigenvalue weighted by Gasteiger charge is -2.26. The fourth-order valence-corrected chi connectivity index (χ4v) is 1.77. The average molecular weight is 248 g/mol. The van der Waals surface area contributed by atoms with E-state index in [-0.39, 0.29) is 11.4 Å². The number of carbonyl (C=O) groups excluding carboxylic acids is 1. The maximum atomic E-state index is 11.4. The molecule has 0 aromatic heterocycles. The van der Waals surface area contributed by atoms with Crippen LogP contribution in [0.4, 0.5) is 0 Å². The Morgan fingerprint density at radius 2 is 1.89 bits per heavy atom. The zero-order valence-corrected chi connectivity index (χ0v) is 11.6. The first-order valence-corrected chi connectivity index (χ1v) is 6.59. The third-order valence-corrected chi connectivity index (χ3v) is 2.98. The van der Waals surface area contributed by atoms with Gasteiger partial charge in [0.2, 0.25) is 5.91 Å². The molecule has 2 N–H and O–H groups in total. The van der Waals surface area contributed by atoms with Gasteiger partial charge in [-0.3, -0.25) is 4.79 Å². The molecule has 1 rings (SSSR count). The van der Waals surface area contributed by atoms with Gasteiger partial charge in [-0.05, 0) is 39.2 Å². The molecule has 1 aromatic carbocycles. The SMILES string of the molecule is CCNC(=O)CNC(C)(C)CCc1ccccc1. The molecule has 0 atom stereocenters. The largest absolute Gasteiger partial charge is 0.355 e. The summed E-state index contributed by atoms with van der Waals surface area (Å²) in [6.07, 6.45) is 2.03. The van der Waals surface area contributed by atoms with Gasteiger partial charge in [-0.25, -0.2) is 0 Å². The van der Waals surface area contributed by atoms with Gasteiger partial charge < -0.3 is 10.6 Å². The second kappa shape index (κ2) is 7.17. The molecular formula is C15H24N2O. The highest BCUT2D eigenvalue weighted by Gasteiger charge is 2.17. The van der Waals surface area contributed by atoms with Crippen LogP contribution >= 0.6 is 0 Å². The summed E-state index contributed by atoms with van der Waals surface area (Å²) in [7, 11) is 0. The van der Waals surface area contributed by atoms with Crippen LogP contribution in [0.25, 0.3) is 0 Å². The number of carbonyl (C=O) groups is 1. The Labute approximate surface area is 110 Å². The van der Waals surface area contributed by atoms with Gasteiger partial charge in [-0.15, -0.1) is 0 Å². The van der Waals surface area contributed by atoms with Crippen molar-refractivity contribution >= 4 is 5.91 Å². The normalized spacial score (nSPS) is 11.3. The first-order chi connectivity index (χ1) is 8.53. The number of nitrogens with one attached hydrogen (secondary N) is 2. The highest BCUT2D eigenvalue weighted by molar-refractivity contribution is 5.77. The lowest BCUT2D eigenvalue weighted by molar-refractivity contribution is -0.120. The smallest absolute Gasteiger partial charge is 0.233 e. The molecule has 0 aliphatic carbocycles. The van der Waals surface area contributed by atoms with E-state index in [4.69, 9.17) is 0 Å². The number of amides is 1. The Balaban J connectivity index is 2.33. The van der Waals surface area contributed by atoms with Crippen molar-refractivity contribution in [1.82, 2.24) is 10.6 Å². The van der Waals surface area contributed by atoms with Crippen LogP contribution in [-0.4, -0.2) is 24.5 Å². The molecule has 100 valence electrons. The number of rotatable bonds is 7. The molecule has 3 nitrogen and oxygen atoms in total. The summed E-state index contributed by atoms with van der Waals surface area (Å²) < 4.78 is 0. The molecule has 0 saturated heterocycles. The van der Waals surface area contributed by atoms with Crippen LogP contribution in [0.1, 0.15) is 32.8 Å². The maximum Gasteiger partial charge on any atom is 0.233 e. The Morgan fingerprint density at radius 1 is 1.22 bits per heavy atom. The average Bonchev–Trinajstić information content (AvgIpc) is 2.36. The minimum atomic E-state index is -0.0269. The maximum absolute atomic E-state index is 11.4. The molecule has 3 heteroatoms. The van der Waals surface area contributed by atoms with Crippen LogP contribution in [0.15, 0.2) is 30.3 Å². The number of aryl methyl sites for hydroxylation is 1. The fraction of sp³-hybridized carbons (Fsp3) is 0.533. The summed E-state index contributed by atoms with van der Waals surface area (Å²) in [4.78, 5) is 11.4. The quantitative estimate of drug-likeness (QED) is 0.776. The van der Waals surface area contributed by atoms with Gasteiger partial charge in [-0.2, -0.15) is 0 Å². The number of likely N-dealkylation sites (N-methyl/N-ethyl adjacent to an activating group) is 1. The van der Waals surface area contributed by atoms with E-state index in [0.29, 0.717) is 13.1 Å². The molecular weight excluding hydrogens is 224 g/mol. The zero-order chi connectivity index (χ0) is 13.4. The second-order valence-electron chi connectivity index (χ2n) is 5.18. The third-order valence-electron chi connectivity index (χ3n) is 2.98. The molecule has 0 fully saturated rings. The van der Waals surface area contributed by atoms with Crippen molar-refractivity contribution in [1.29, 1.82) is 0 Å². The molecule has 0 bridgehead atoms. The van der Waals surface area contributed by atoms with Crippen LogP contribution in [0.2, 0.25) is 0 Å². The summed E-state index contributed by atoms with van der Waals surface area (Å²) in [5.41, 5.74) is 1.31. The standard InChI is InChI=1S/C15H24N2O/c1-4-16-14(18)12-17-15(2,3)11-10-13-8-6-5-7-9-13/h5-9,17H,4,10-12H2,1-3H3,(H,16,18). The van der Waals surface area contributed by atoms with Gasteiger partial charge in [0.15, 0.2) is 0 Å². The van der Waals surface area contributed by atoms with E-state index in [2.05, 4.69) is 48.7 Å². The second-order valence-corrected chi connectivity index (χ2v) is 5.18. The Bertz CT molecular complexity index is 360. The minimum Gasteiger partial charge on any atom is -0.355 e. The molecule has 0 saturated carbocycles. The summed E-state index contributed by atoms with van der Waals surface area (Å²) >= 11 is 0. The topological polar surface area (TPSA) is 41.1 Å². The molecule has 0 aliphatic heterocycles. The predicted molar refractivity (Wildman–Crippen MR) is 75.5 cm³/mol. The lowest BCUT2D eigenvalue weighted by Crippen LogP contribution is -2.45. The molecule has 0 unspecified atom stereocenters. The molecule has 18 heavy (non-hydrogen) atoms. The molecule has 0 radical (unpaired) electrons. The lowest BCUT2D eigenvalue weighted by atomic mass is 9.95. The van der Waals surface area contributed by atoms with Gasteiger partial charge in [0, 0.05) is 12.1 Å². The molecule has 0 spiro atoms. The van der Waals surface area contributed by atoms with Gasteiger partial charge in [0.25, 0.3) is 0 Å². The predicted octanol–water partition coefficient (Wildman–Crippen LogP) is 2.12. The van der Waals surface area contributed by atoms with Gasteiger partial charge in [-0.1, -0.05) is 30.3 Å². The van der Waals surface area contributed by atoms with Crippen LogP contribution in [-0.2, 0) is 11.2 Å². The highest BCUT2D eigenvalue weighted by atomic mass is 16.1. The minimum absolute atomic E-state index is 0.0269. The van der Waals surface area contributed by atoms with Crippen LogP contribution in [0.5, 0.6) is 0 Å². The van der Waals surface area contributed by atoms with Crippen LogP contribution in [0.3, 0.4) is 0 Å². The summed E-state index contributed by atoms with van der Waals surface area (Å²) in [6, 6.07) is 10.4. The first kappa shape index (κ1) is 14.7. The number of hydrogen-bond donors (Lipinski definition) is 2.